The van der Waals surface area contributed by atoms with E-state index in [1.54, 1.807) is 12.1 Å². The van der Waals surface area contributed by atoms with Crippen molar-refractivity contribution < 1.29 is 8.42 Å². The molecule has 2 fully saturated rings. The number of fused-ring (bicyclic) bond motifs is 3. The third kappa shape index (κ3) is 3.21. The molecule has 2 aliphatic rings. The Hall–Kier alpha value is -2.83. The normalized spacial score (nSPS) is 20.0. The van der Waals surface area contributed by atoms with Crippen molar-refractivity contribution in [2.24, 2.45) is 0 Å². The summed E-state index contributed by atoms with van der Waals surface area (Å²) in [5.74, 6) is 0. The Morgan fingerprint density at radius 3 is 2.53 bits per heavy atom. The predicted molar refractivity (Wildman–Crippen MR) is 130 cm³/mol. The molecule has 164 valence electrons. The fourth-order valence-corrected chi connectivity index (χ4v) is 6.80. The average Bonchev–Trinajstić information content (AvgIpc) is 3.24. The number of hydrogen-bond donors (Lipinski definition) is 0. The fraction of sp³-hybridized carbons (Fsp3) is 0.308. The molecule has 6 heteroatoms. The van der Waals surface area contributed by atoms with Crippen LogP contribution < -0.4 is 4.90 Å². The van der Waals surface area contributed by atoms with Gasteiger partial charge in [-0.2, -0.15) is 0 Å². The molecule has 0 spiro atoms. The van der Waals surface area contributed by atoms with E-state index in [1.165, 1.54) is 29.8 Å². The Balaban J connectivity index is 1.44. The van der Waals surface area contributed by atoms with Gasteiger partial charge >= 0.3 is 0 Å². The van der Waals surface area contributed by atoms with Crippen LogP contribution in [0.3, 0.4) is 0 Å². The van der Waals surface area contributed by atoms with Crippen molar-refractivity contribution in [3.8, 4) is 0 Å². The van der Waals surface area contributed by atoms with Gasteiger partial charge in [0.1, 0.15) is 0 Å². The number of hydrogen-bond acceptors (Lipinski definition) is 4. The van der Waals surface area contributed by atoms with Gasteiger partial charge in [0.05, 0.1) is 16.1 Å². The van der Waals surface area contributed by atoms with Gasteiger partial charge in [-0.3, -0.25) is 4.90 Å². The van der Waals surface area contributed by atoms with Gasteiger partial charge in [0.2, 0.25) is 0 Å². The number of piperidine rings is 1. The lowest BCUT2D eigenvalue weighted by Crippen LogP contribution is -2.54. The van der Waals surface area contributed by atoms with Gasteiger partial charge in [-0.25, -0.2) is 12.4 Å². The second-order valence-corrected chi connectivity index (χ2v) is 10.8. The van der Waals surface area contributed by atoms with E-state index >= 15 is 0 Å². The summed E-state index contributed by atoms with van der Waals surface area (Å²) in [6, 6.07) is 21.7. The number of benzene rings is 3. The van der Waals surface area contributed by atoms with E-state index in [0.29, 0.717) is 10.9 Å². The molecule has 0 saturated carbocycles. The zero-order valence-electron chi connectivity index (χ0n) is 18.0. The van der Waals surface area contributed by atoms with E-state index in [0.717, 1.165) is 47.0 Å². The first-order valence-electron chi connectivity index (χ1n) is 11.4. The highest BCUT2D eigenvalue weighted by Gasteiger charge is 2.31. The number of nitrogens with zero attached hydrogens (tertiary/aromatic N) is 3. The van der Waals surface area contributed by atoms with Crippen molar-refractivity contribution in [1.82, 2.24) is 8.87 Å². The lowest BCUT2D eigenvalue weighted by atomic mass is 9.99. The smallest absolute Gasteiger partial charge is 0.268 e. The van der Waals surface area contributed by atoms with E-state index in [1.807, 2.05) is 60.8 Å². The maximum Gasteiger partial charge on any atom is 0.268 e. The molecule has 5 nitrogen and oxygen atoms in total. The minimum absolute atomic E-state index is 0.320. The predicted octanol–water partition coefficient (Wildman–Crippen LogP) is 4.71. The van der Waals surface area contributed by atoms with Gasteiger partial charge in [-0.15, -0.1) is 0 Å². The molecule has 0 aliphatic carbocycles. The third-order valence-electron chi connectivity index (χ3n) is 7.11. The van der Waals surface area contributed by atoms with Crippen LogP contribution in [0.4, 0.5) is 5.69 Å². The van der Waals surface area contributed by atoms with Gasteiger partial charge in [-0.05, 0) is 48.4 Å². The first kappa shape index (κ1) is 19.8. The maximum absolute atomic E-state index is 13.8. The molecular formula is C26H27N3O2S. The molecule has 4 aromatic rings. The number of piperazine rings is 1. The van der Waals surface area contributed by atoms with Crippen molar-refractivity contribution >= 4 is 37.4 Å². The Morgan fingerprint density at radius 2 is 1.62 bits per heavy atom. The van der Waals surface area contributed by atoms with Crippen LogP contribution >= 0.6 is 0 Å². The molecule has 6 rings (SSSR count). The summed E-state index contributed by atoms with van der Waals surface area (Å²) in [5.41, 5.74) is 1.76. The Labute approximate surface area is 188 Å². The van der Waals surface area contributed by atoms with E-state index in [2.05, 4.69) is 9.80 Å². The third-order valence-corrected chi connectivity index (χ3v) is 8.78. The SMILES string of the molecule is O=S(=O)(c1ccc2ccccc2c1)n1cc(N2CCN3CCCCC3C2)c2ccccc21. The van der Waals surface area contributed by atoms with Crippen LogP contribution in [0, 0.1) is 0 Å². The van der Waals surface area contributed by atoms with Gasteiger partial charge < -0.3 is 4.90 Å². The molecule has 0 amide bonds. The van der Waals surface area contributed by atoms with Crippen LogP contribution in [0.15, 0.2) is 77.8 Å². The zero-order chi connectivity index (χ0) is 21.7. The van der Waals surface area contributed by atoms with E-state index in [4.69, 9.17) is 0 Å². The van der Waals surface area contributed by atoms with E-state index in [9.17, 15) is 8.42 Å². The minimum atomic E-state index is -3.72. The summed E-state index contributed by atoms with van der Waals surface area (Å²) in [4.78, 5) is 5.31. The highest BCUT2D eigenvalue weighted by Crippen LogP contribution is 2.34. The first-order chi connectivity index (χ1) is 15.6. The highest BCUT2D eigenvalue weighted by molar-refractivity contribution is 7.90. The van der Waals surface area contributed by atoms with E-state index < -0.39 is 10.0 Å². The molecule has 3 aromatic carbocycles. The van der Waals surface area contributed by atoms with Gasteiger partial charge in [0.15, 0.2) is 0 Å². The molecule has 0 N–H and O–H groups in total. The summed E-state index contributed by atoms with van der Waals surface area (Å²) < 4.78 is 29.0. The molecule has 1 unspecified atom stereocenters. The van der Waals surface area contributed by atoms with Gasteiger partial charge in [-0.1, -0.05) is 55.0 Å². The maximum atomic E-state index is 13.8. The molecule has 1 aromatic heterocycles. The van der Waals surface area contributed by atoms with Crippen molar-refractivity contribution in [2.45, 2.75) is 30.2 Å². The van der Waals surface area contributed by atoms with Crippen LogP contribution in [0.5, 0.6) is 0 Å². The van der Waals surface area contributed by atoms with Crippen molar-refractivity contribution in [3.63, 3.8) is 0 Å². The number of anilines is 1. The second-order valence-electron chi connectivity index (χ2n) is 8.97. The van der Waals surface area contributed by atoms with E-state index in [-0.39, 0.29) is 0 Å². The van der Waals surface area contributed by atoms with Crippen LogP contribution in [0.2, 0.25) is 0 Å². The van der Waals surface area contributed by atoms with Crippen LogP contribution in [-0.4, -0.2) is 49.5 Å². The van der Waals surface area contributed by atoms with Crippen molar-refractivity contribution in [1.29, 1.82) is 0 Å². The van der Waals surface area contributed by atoms with Crippen LogP contribution in [0.1, 0.15) is 19.3 Å². The number of rotatable bonds is 3. The first-order valence-corrected chi connectivity index (χ1v) is 12.9. The molecule has 0 radical (unpaired) electrons. The molecular weight excluding hydrogens is 418 g/mol. The molecule has 3 heterocycles. The van der Waals surface area contributed by atoms with Crippen molar-refractivity contribution in [2.75, 3.05) is 31.1 Å². The topological polar surface area (TPSA) is 45.6 Å². The summed E-state index contributed by atoms with van der Waals surface area (Å²) in [6.07, 6.45) is 5.64. The van der Waals surface area contributed by atoms with Crippen LogP contribution in [-0.2, 0) is 10.0 Å². The molecule has 2 aliphatic heterocycles. The summed E-state index contributed by atoms with van der Waals surface area (Å²) in [6.45, 7) is 4.13. The molecule has 1 atom stereocenters. The lowest BCUT2D eigenvalue weighted by Gasteiger charge is -2.44. The Kier molecular flexibility index (Phi) is 4.73. The largest absolute Gasteiger partial charge is 0.367 e. The summed E-state index contributed by atoms with van der Waals surface area (Å²) in [7, 11) is -3.72. The van der Waals surface area contributed by atoms with Crippen LogP contribution in [0.25, 0.3) is 21.7 Å². The second kappa shape index (κ2) is 7.64. The Bertz CT molecular complexity index is 1410. The minimum Gasteiger partial charge on any atom is -0.367 e. The fourth-order valence-electron chi connectivity index (χ4n) is 5.40. The molecule has 0 bridgehead atoms. The summed E-state index contributed by atoms with van der Waals surface area (Å²) >= 11 is 0. The summed E-state index contributed by atoms with van der Waals surface area (Å²) in [5, 5.41) is 2.97. The average molecular weight is 446 g/mol. The van der Waals surface area contributed by atoms with Gasteiger partial charge in [0.25, 0.3) is 10.0 Å². The lowest BCUT2D eigenvalue weighted by molar-refractivity contribution is 0.133. The Morgan fingerprint density at radius 1 is 0.812 bits per heavy atom. The molecule has 32 heavy (non-hydrogen) atoms. The standard InChI is InChI=1S/C26H27N3O2S/c30-32(31,23-13-12-20-7-1-2-8-21(20)17-23)29-19-26(24-10-3-4-11-25(24)29)28-16-15-27-14-6-5-9-22(27)18-28/h1-4,7-8,10-13,17,19,22H,5-6,9,14-16,18H2. The quantitative estimate of drug-likeness (QED) is 0.458. The zero-order valence-corrected chi connectivity index (χ0v) is 18.8. The van der Waals surface area contributed by atoms with Gasteiger partial charge in [0, 0.05) is 37.3 Å². The molecule has 2 saturated heterocycles. The number of aromatic nitrogens is 1. The number of para-hydroxylation sites is 1. The highest BCUT2D eigenvalue weighted by atomic mass is 32.2. The van der Waals surface area contributed by atoms with Crippen molar-refractivity contribution in [3.05, 3.63) is 72.9 Å². The monoisotopic (exact) mass is 445 g/mol.